The maximum Gasteiger partial charge on any atom is 0.225 e. The monoisotopic (exact) mass is 269 g/mol. The third-order valence-corrected chi connectivity index (χ3v) is 4.30. The summed E-state index contributed by atoms with van der Waals surface area (Å²) in [5.41, 5.74) is 6.04. The van der Waals surface area contributed by atoms with Gasteiger partial charge in [0.25, 0.3) is 0 Å². The van der Waals surface area contributed by atoms with E-state index in [0.717, 1.165) is 19.3 Å². The highest BCUT2D eigenvalue weighted by molar-refractivity contribution is 5.81. The number of nitrogens with one attached hydrogen (secondary N) is 1. The Hall–Kier alpha value is -1.10. The number of nitrogens with zero attached hydrogens (tertiary/aromatic N) is 1. The van der Waals surface area contributed by atoms with Crippen molar-refractivity contribution >= 4 is 11.8 Å². The molecule has 0 heterocycles. The Kier molecular flexibility index (Phi) is 5.79. The van der Waals surface area contributed by atoms with E-state index in [0.29, 0.717) is 6.54 Å². The van der Waals surface area contributed by atoms with Crippen molar-refractivity contribution in [3.8, 4) is 0 Å². The molecular formula is C14H27N3O2. The summed E-state index contributed by atoms with van der Waals surface area (Å²) in [4.78, 5) is 25.6. The van der Waals surface area contributed by atoms with E-state index >= 15 is 0 Å². The van der Waals surface area contributed by atoms with Gasteiger partial charge >= 0.3 is 0 Å². The summed E-state index contributed by atoms with van der Waals surface area (Å²) in [7, 11) is 3.39. The van der Waals surface area contributed by atoms with Crippen molar-refractivity contribution in [1.29, 1.82) is 0 Å². The van der Waals surface area contributed by atoms with Crippen molar-refractivity contribution in [2.45, 2.75) is 39.2 Å². The van der Waals surface area contributed by atoms with Crippen LogP contribution in [0.4, 0.5) is 0 Å². The second-order valence-electron chi connectivity index (χ2n) is 5.79. The van der Waals surface area contributed by atoms with Gasteiger partial charge in [0.1, 0.15) is 0 Å². The van der Waals surface area contributed by atoms with Gasteiger partial charge in [0.05, 0.1) is 5.92 Å². The lowest BCUT2D eigenvalue weighted by molar-refractivity contribution is -0.138. The Morgan fingerprint density at radius 1 is 1.42 bits per heavy atom. The lowest BCUT2D eigenvalue weighted by Crippen LogP contribution is -2.46. The minimum atomic E-state index is -0.188. The zero-order valence-electron chi connectivity index (χ0n) is 12.5. The average molecular weight is 269 g/mol. The Balaban J connectivity index is 2.58. The maximum absolute atomic E-state index is 12.4. The van der Waals surface area contributed by atoms with Crippen molar-refractivity contribution in [2.24, 2.45) is 23.5 Å². The molecule has 0 bridgehead atoms. The highest BCUT2D eigenvalue weighted by atomic mass is 16.2. The normalized spacial score (nSPS) is 28.6. The highest BCUT2D eigenvalue weighted by Gasteiger charge is 2.34. The van der Waals surface area contributed by atoms with Crippen LogP contribution in [-0.2, 0) is 9.59 Å². The van der Waals surface area contributed by atoms with Gasteiger partial charge < -0.3 is 16.0 Å². The van der Waals surface area contributed by atoms with Crippen LogP contribution in [0.5, 0.6) is 0 Å². The lowest BCUT2D eigenvalue weighted by atomic mass is 9.76. The molecule has 110 valence electrons. The molecule has 1 saturated carbocycles. The highest BCUT2D eigenvalue weighted by Crippen LogP contribution is 2.30. The molecule has 5 heteroatoms. The van der Waals surface area contributed by atoms with Gasteiger partial charge in [0, 0.05) is 32.6 Å². The Morgan fingerprint density at radius 3 is 2.63 bits per heavy atom. The number of amides is 2. The summed E-state index contributed by atoms with van der Waals surface area (Å²) in [5, 5.41) is 2.61. The second kappa shape index (κ2) is 6.89. The minimum Gasteiger partial charge on any atom is -0.359 e. The topological polar surface area (TPSA) is 75.4 Å². The van der Waals surface area contributed by atoms with Crippen LogP contribution < -0.4 is 11.1 Å². The fourth-order valence-corrected chi connectivity index (χ4v) is 2.86. The van der Waals surface area contributed by atoms with Crippen LogP contribution >= 0.6 is 0 Å². The Bertz CT molecular complexity index is 333. The van der Waals surface area contributed by atoms with Crippen LogP contribution in [-0.4, -0.2) is 43.4 Å². The largest absolute Gasteiger partial charge is 0.359 e. The van der Waals surface area contributed by atoms with Crippen molar-refractivity contribution in [3.05, 3.63) is 0 Å². The first-order chi connectivity index (χ1) is 8.88. The third kappa shape index (κ3) is 3.93. The summed E-state index contributed by atoms with van der Waals surface area (Å²) >= 11 is 0. The predicted molar refractivity (Wildman–Crippen MR) is 75.3 cm³/mol. The SMILES string of the molecule is CNC(=O)C(C)CN(C)C(=O)C1CCCC(N)C1C. The molecule has 5 nitrogen and oxygen atoms in total. The average Bonchev–Trinajstić information content (AvgIpc) is 2.39. The Labute approximate surface area is 115 Å². The van der Waals surface area contributed by atoms with E-state index in [1.54, 1.807) is 19.0 Å². The molecule has 0 saturated heterocycles. The maximum atomic E-state index is 12.4. The molecule has 0 radical (unpaired) electrons. The summed E-state index contributed by atoms with van der Waals surface area (Å²) in [5.74, 6) is 0.127. The molecule has 0 aromatic heterocycles. The van der Waals surface area contributed by atoms with Gasteiger partial charge in [-0.3, -0.25) is 9.59 Å². The predicted octanol–water partition coefficient (Wildman–Crippen LogP) is 0.590. The lowest BCUT2D eigenvalue weighted by Gasteiger charge is -2.35. The summed E-state index contributed by atoms with van der Waals surface area (Å²) in [6, 6.07) is 0.118. The molecule has 0 aromatic rings. The molecular weight excluding hydrogens is 242 g/mol. The van der Waals surface area contributed by atoms with E-state index < -0.39 is 0 Å². The van der Waals surface area contributed by atoms with E-state index in [4.69, 9.17) is 5.73 Å². The van der Waals surface area contributed by atoms with E-state index in [-0.39, 0.29) is 35.6 Å². The smallest absolute Gasteiger partial charge is 0.225 e. The number of carbonyl (C=O) groups excluding carboxylic acids is 2. The minimum absolute atomic E-state index is 0.00522. The van der Waals surface area contributed by atoms with Crippen molar-refractivity contribution in [3.63, 3.8) is 0 Å². The van der Waals surface area contributed by atoms with Crippen LogP contribution in [0.1, 0.15) is 33.1 Å². The first-order valence-electron chi connectivity index (χ1n) is 7.10. The van der Waals surface area contributed by atoms with Gasteiger partial charge in [0.15, 0.2) is 0 Å². The quantitative estimate of drug-likeness (QED) is 0.784. The van der Waals surface area contributed by atoms with E-state index in [1.165, 1.54) is 0 Å². The van der Waals surface area contributed by atoms with Crippen LogP contribution in [0.25, 0.3) is 0 Å². The number of nitrogens with two attached hydrogens (primary N) is 1. The van der Waals surface area contributed by atoms with Gasteiger partial charge in [0.2, 0.25) is 11.8 Å². The Morgan fingerprint density at radius 2 is 2.05 bits per heavy atom. The number of hydrogen-bond acceptors (Lipinski definition) is 3. The van der Waals surface area contributed by atoms with E-state index in [9.17, 15) is 9.59 Å². The summed E-state index contributed by atoms with van der Waals surface area (Å²) in [6.07, 6.45) is 2.93. The fourth-order valence-electron chi connectivity index (χ4n) is 2.86. The zero-order valence-corrected chi connectivity index (χ0v) is 12.5. The van der Waals surface area contributed by atoms with Gasteiger partial charge in [-0.1, -0.05) is 20.3 Å². The molecule has 1 fully saturated rings. The molecule has 19 heavy (non-hydrogen) atoms. The first-order valence-corrected chi connectivity index (χ1v) is 7.10. The van der Waals surface area contributed by atoms with Gasteiger partial charge in [-0.15, -0.1) is 0 Å². The fraction of sp³-hybridized carbons (Fsp3) is 0.857. The van der Waals surface area contributed by atoms with Crippen LogP contribution in [0.15, 0.2) is 0 Å². The van der Waals surface area contributed by atoms with E-state index in [2.05, 4.69) is 12.2 Å². The van der Waals surface area contributed by atoms with Crippen LogP contribution in [0, 0.1) is 17.8 Å². The van der Waals surface area contributed by atoms with Gasteiger partial charge in [-0.2, -0.15) is 0 Å². The van der Waals surface area contributed by atoms with Gasteiger partial charge in [-0.25, -0.2) is 0 Å². The zero-order chi connectivity index (χ0) is 14.6. The van der Waals surface area contributed by atoms with Crippen molar-refractivity contribution < 1.29 is 9.59 Å². The van der Waals surface area contributed by atoms with Crippen molar-refractivity contribution in [1.82, 2.24) is 10.2 Å². The molecule has 4 atom stereocenters. The third-order valence-electron chi connectivity index (χ3n) is 4.30. The molecule has 3 N–H and O–H groups in total. The first kappa shape index (κ1) is 16.0. The number of carbonyl (C=O) groups is 2. The molecule has 1 aliphatic carbocycles. The molecule has 1 rings (SSSR count). The molecule has 0 aromatic carbocycles. The summed E-state index contributed by atoms with van der Waals surface area (Å²) in [6.45, 7) is 4.35. The molecule has 0 aliphatic heterocycles. The van der Waals surface area contributed by atoms with Crippen LogP contribution in [0.2, 0.25) is 0 Å². The molecule has 4 unspecified atom stereocenters. The number of rotatable bonds is 4. The number of hydrogen-bond donors (Lipinski definition) is 2. The molecule has 2 amide bonds. The van der Waals surface area contributed by atoms with Gasteiger partial charge in [-0.05, 0) is 18.8 Å². The summed E-state index contributed by atoms with van der Waals surface area (Å²) < 4.78 is 0. The standard InChI is InChI=1S/C14H27N3O2/c1-9(13(18)16-3)8-17(4)14(19)11-6-5-7-12(15)10(11)2/h9-12H,5-8,15H2,1-4H3,(H,16,18). The van der Waals surface area contributed by atoms with Crippen molar-refractivity contribution in [2.75, 3.05) is 20.6 Å². The van der Waals surface area contributed by atoms with Crippen LogP contribution in [0.3, 0.4) is 0 Å². The molecule has 1 aliphatic rings. The second-order valence-corrected chi connectivity index (χ2v) is 5.79. The van der Waals surface area contributed by atoms with E-state index in [1.807, 2.05) is 6.92 Å². The molecule has 0 spiro atoms.